The van der Waals surface area contributed by atoms with E-state index in [2.05, 4.69) is 0 Å². The first-order chi connectivity index (χ1) is 16.6. The van der Waals surface area contributed by atoms with Crippen LogP contribution in [0.4, 0.5) is 18.0 Å². The number of β-amino-alcohol motifs (C(OH)–C–C–N with tert-alkyl or cyclic N) is 1. The highest BCUT2D eigenvalue weighted by Crippen LogP contribution is 2.44. The zero-order chi connectivity index (χ0) is 25.3. The van der Waals surface area contributed by atoms with Crippen molar-refractivity contribution in [3.63, 3.8) is 0 Å². The number of aliphatic carboxylic acids is 1. The van der Waals surface area contributed by atoms with Gasteiger partial charge in [0.05, 0.1) is 6.10 Å². The van der Waals surface area contributed by atoms with Gasteiger partial charge in [0.25, 0.3) is 0 Å². The largest absolute Gasteiger partial charge is 0.480 e. The smallest absolute Gasteiger partial charge is 0.407 e. The number of alkyl carbamates (subject to hydrolysis) is 1. The molecule has 4 rings (SSSR count). The van der Waals surface area contributed by atoms with Crippen molar-refractivity contribution < 1.29 is 42.5 Å². The number of likely N-dealkylation sites (tertiary alicyclic amines) is 1. The number of hydrogen-bond acceptors (Lipinski definition) is 5. The lowest BCUT2D eigenvalue weighted by atomic mass is 9.98. The minimum absolute atomic E-state index is 0.121. The number of nitrogens with one attached hydrogen (secondary N) is 1. The maximum absolute atomic E-state index is 13.6. The first-order valence-corrected chi connectivity index (χ1v) is 10.9. The van der Waals surface area contributed by atoms with Crippen molar-refractivity contribution in [2.24, 2.45) is 5.92 Å². The van der Waals surface area contributed by atoms with Crippen LogP contribution in [0, 0.1) is 5.92 Å². The summed E-state index contributed by atoms with van der Waals surface area (Å²) in [4.78, 5) is 36.6. The average Bonchev–Trinajstić information content (AvgIpc) is 3.35. The Morgan fingerprint density at radius 1 is 1.06 bits per heavy atom. The molecule has 186 valence electrons. The summed E-state index contributed by atoms with van der Waals surface area (Å²) in [5.74, 6) is -6.02. The Morgan fingerprint density at radius 2 is 1.63 bits per heavy atom. The molecule has 0 radical (unpaired) electrons. The average molecular weight is 492 g/mol. The zero-order valence-corrected chi connectivity index (χ0v) is 18.4. The molecule has 0 bridgehead atoms. The number of carbonyl (C=O) groups is 3. The number of hydrogen-bond donors (Lipinski definition) is 3. The molecule has 2 aromatic rings. The molecule has 0 spiro atoms. The van der Waals surface area contributed by atoms with Crippen molar-refractivity contribution in [3.8, 4) is 11.1 Å². The molecule has 1 aliphatic heterocycles. The molecule has 2 unspecified atom stereocenters. The number of fused-ring (bicyclic) bond motifs is 3. The minimum atomic E-state index is -5.05. The number of carboxylic acids is 1. The maximum atomic E-state index is 13.6. The van der Waals surface area contributed by atoms with E-state index in [-0.39, 0.29) is 18.9 Å². The fraction of sp³-hybridized carbons (Fsp3) is 0.375. The van der Waals surface area contributed by atoms with Gasteiger partial charge in [-0.3, -0.25) is 4.79 Å². The normalized spacial score (nSPS) is 20.2. The van der Waals surface area contributed by atoms with Gasteiger partial charge in [0, 0.05) is 25.4 Å². The van der Waals surface area contributed by atoms with Gasteiger partial charge < -0.3 is 25.2 Å². The summed E-state index contributed by atoms with van der Waals surface area (Å²) >= 11 is 0. The van der Waals surface area contributed by atoms with Gasteiger partial charge in [-0.2, -0.15) is 13.2 Å². The quantitative estimate of drug-likeness (QED) is 0.571. The minimum Gasteiger partial charge on any atom is -0.480 e. The second-order valence-electron chi connectivity index (χ2n) is 8.53. The highest BCUT2D eigenvalue weighted by Gasteiger charge is 2.50. The first-order valence-electron chi connectivity index (χ1n) is 10.9. The fourth-order valence-electron chi connectivity index (χ4n) is 4.67. The van der Waals surface area contributed by atoms with E-state index in [1.54, 1.807) is 0 Å². The lowest BCUT2D eigenvalue weighted by molar-refractivity contribution is -0.189. The van der Waals surface area contributed by atoms with Gasteiger partial charge in [-0.1, -0.05) is 48.5 Å². The van der Waals surface area contributed by atoms with E-state index in [0.29, 0.717) is 4.90 Å². The summed E-state index contributed by atoms with van der Waals surface area (Å²) < 4.78 is 46.0. The first kappa shape index (κ1) is 24.5. The number of aliphatic hydroxyl groups is 1. The molecule has 2 aromatic carbocycles. The highest BCUT2D eigenvalue weighted by molar-refractivity contribution is 5.87. The van der Waals surface area contributed by atoms with Crippen LogP contribution in [0.1, 0.15) is 23.5 Å². The summed E-state index contributed by atoms with van der Waals surface area (Å²) in [6.45, 7) is -1.78. The van der Waals surface area contributed by atoms with Crippen LogP contribution < -0.4 is 5.32 Å². The van der Waals surface area contributed by atoms with E-state index >= 15 is 0 Å². The van der Waals surface area contributed by atoms with Crippen LogP contribution in [0.3, 0.4) is 0 Å². The molecule has 0 aromatic heterocycles. The molecule has 11 heteroatoms. The summed E-state index contributed by atoms with van der Waals surface area (Å²) in [6.07, 6.45) is -7.80. The van der Waals surface area contributed by atoms with Gasteiger partial charge >= 0.3 is 18.2 Å². The van der Waals surface area contributed by atoms with E-state index in [4.69, 9.17) is 4.74 Å². The number of carboxylic acid groups (broad SMARTS) is 1. The molecule has 1 saturated heterocycles. The number of benzene rings is 2. The second kappa shape index (κ2) is 9.57. The van der Waals surface area contributed by atoms with E-state index in [9.17, 15) is 37.8 Å². The van der Waals surface area contributed by atoms with Crippen LogP contribution in [0.5, 0.6) is 0 Å². The molecule has 3 N–H and O–H groups in total. The van der Waals surface area contributed by atoms with Crippen molar-refractivity contribution >= 4 is 18.0 Å². The molecule has 2 aliphatic rings. The molecule has 35 heavy (non-hydrogen) atoms. The third kappa shape index (κ3) is 4.95. The van der Waals surface area contributed by atoms with E-state index in [1.165, 1.54) is 0 Å². The Labute approximate surface area is 198 Å². The number of alkyl halides is 3. The van der Waals surface area contributed by atoms with E-state index < -0.39 is 55.3 Å². The molecule has 2 amide bonds. The summed E-state index contributed by atoms with van der Waals surface area (Å²) in [7, 11) is 0. The molecule has 8 nitrogen and oxygen atoms in total. The monoisotopic (exact) mass is 492 g/mol. The van der Waals surface area contributed by atoms with Crippen molar-refractivity contribution in [2.45, 2.75) is 30.7 Å². The number of amides is 2. The Hall–Kier alpha value is -3.60. The van der Waals surface area contributed by atoms with Gasteiger partial charge in [0.15, 0.2) is 5.92 Å². The maximum Gasteiger partial charge on any atom is 0.407 e. The molecule has 1 aliphatic carbocycles. The molecule has 0 saturated carbocycles. The van der Waals surface area contributed by atoms with Crippen LogP contribution in [0.2, 0.25) is 0 Å². The Morgan fingerprint density at radius 3 is 2.17 bits per heavy atom. The van der Waals surface area contributed by atoms with Gasteiger partial charge in [0.2, 0.25) is 5.91 Å². The summed E-state index contributed by atoms with van der Waals surface area (Å²) in [5, 5.41) is 20.8. The number of rotatable bonds is 6. The third-order valence-corrected chi connectivity index (χ3v) is 6.33. The Balaban J connectivity index is 1.41. The van der Waals surface area contributed by atoms with Crippen molar-refractivity contribution in [1.29, 1.82) is 0 Å². The predicted molar refractivity (Wildman–Crippen MR) is 116 cm³/mol. The number of aliphatic hydroxyl groups excluding tert-OH is 1. The third-order valence-electron chi connectivity index (χ3n) is 6.33. The van der Waals surface area contributed by atoms with Gasteiger partial charge in [-0.15, -0.1) is 0 Å². The standard InChI is InChI=1S/C24H23F3N2O6/c25-24(26,27)19(21(31)29-11-13(30)9-20(29)22(32)33)10-28-23(34)35-12-18-16-7-3-1-5-14(16)15-6-2-4-8-17(15)18/h1-8,13,18-20,30H,9-12H2,(H,28,34)(H,32,33)/t13?,19?,20-/m0/s1. The Kier molecular flexibility index (Phi) is 6.70. The second-order valence-corrected chi connectivity index (χ2v) is 8.53. The van der Waals surface area contributed by atoms with Crippen LogP contribution >= 0.6 is 0 Å². The topological polar surface area (TPSA) is 116 Å². The van der Waals surface area contributed by atoms with Crippen LogP contribution in [0.25, 0.3) is 11.1 Å². The van der Waals surface area contributed by atoms with Crippen LogP contribution in [-0.4, -0.2) is 71.1 Å². The number of nitrogens with zero attached hydrogens (tertiary/aromatic N) is 1. The van der Waals surface area contributed by atoms with E-state index in [1.807, 2.05) is 53.8 Å². The molecule has 3 atom stereocenters. The van der Waals surface area contributed by atoms with Gasteiger partial charge in [0.1, 0.15) is 12.6 Å². The number of halogens is 3. The SMILES string of the molecule is O=C(NCC(C(=O)N1CC(O)C[C@H]1C(=O)O)C(F)(F)F)OCC1c2ccccc2-c2ccccc21. The van der Waals surface area contributed by atoms with Gasteiger partial charge in [-0.25, -0.2) is 9.59 Å². The summed E-state index contributed by atoms with van der Waals surface area (Å²) in [5.41, 5.74) is 3.83. The molecular weight excluding hydrogens is 469 g/mol. The van der Waals surface area contributed by atoms with Crippen LogP contribution in [-0.2, 0) is 14.3 Å². The zero-order valence-electron chi connectivity index (χ0n) is 18.4. The molecular formula is C24H23F3N2O6. The fourth-order valence-corrected chi connectivity index (χ4v) is 4.67. The van der Waals surface area contributed by atoms with E-state index in [0.717, 1.165) is 22.3 Å². The summed E-state index contributed by atoms with van der Waals surface area (Å²) in [6, 6.07) is 13.5. The van der Waals surface area contributed by atoms with Crippen molar-refractivity contribution in [3.05, 3.63) is 59.7 Å². The predicted octanol–water partition coefficient (Wildman–Crippen LogP) is 2.75. The molecule has 1 fully saturated rings. The van der Waals surface area contributed by atoms with Crippen molar-refractivity contribution in [1.82, 2.24) is 10.2 Å². The lowest BCUT2D eigenvalue weighted by Gasteiger charge is -2.28. The van der Waals surface area contributed by atoms with Gasteiger partial charge in [-0.05, 0) is 22.3 Å². The highest BCUT2D eigenvalue weighted by atomic mass is 19.4. The van der Waals surface area contributed by atoms with Crippen LogP contribution in [0.15, 0.2) is 48.5 Å². The number of carbonyl (C=O) groups excluding carboxylic acids is 2. The number of ether oxygens (including phenoxy) is 1. The molecule has 1 heterocycles. The Bertz CT molecular complexity index is 1090. The lowest BCUT2D eigenvalue weighted by Crippen LogP contribution is -2.51. The van der Waals surface area contributed by atoms with Crippen molar-refractivity contribution in [2.75, 3.05) is 19.7 Å².